The molecule has 1 saturated heterocycles. The normalized spacial score (nSPS) is 22.8. The number of benzene rings is 1. The fourth-order valence-corrected chi connectivity index (χ4v) is 3.14. The van der Waals surface area contributed by atoms with Crippen molar-refractivity contribution in [1.29, 1.82) is 0 Å². The van der Waals surface area contributed by atoms with Gasteiger partial charge in [0.2, 0.25) is 0 Å². The molecule has 0 unspecified atom stereocenters. The highest BCUT2D eigenvalue weighted by Crippen LogP contribution is 2.39. The van der Waals surface area contributed by atoms with Crippen molar-refractivity contribution in [3.8, 4) is 5.75 Å². The van der Waals surface area contributed by atoms with Crippen molar-refractivity contribution in [3.05, 3.63) is 47.3 Å². The Hall–Kier alpha value is -2.38. The minimum atomic E-state index is -0.241. The molecule has 2 aromatic rings. The van der Waals surface area contributed by atoms with E-state index in [1.165, 1.54) is 0 Å². The topological polar surface area (TPSA) is 96.5 Å². The second kappa shape index (κ2) is 7.47. The van der Waals surface area contributed by atoms with Crippen LogP contribution in [0.1, 0.15) is 46.9 Å². The fourth-order valence-electron chi connectivity index (χ4n) is 3.14. The summed E-state index contributed by atoms with van der Waals surface area (Å²) >= 11 is 0. The van der Waals surface area contributed by atoms with Gasteiger partial charge in [0.25, 0.3) is 5.91 Å². The summed E-state index contributed by atoms with van der Waals surface area (Å²) in [6.45, 7) is 1.01. The van der Waals surface area contributed by atoms with Gasteiger partial charge in [0, 0.05) is 18.0 Å². The van der Waals surface area contributed by atoms with Crippen molar-refractivity contribution in [3.63, 3.8) is 0 Å². The molecule has 1 aromatic carbocycles. The van der Waals surface area contributed by atoms with Gasteiger partial charge in [-0.15, -0.1) is 0 Å². The maximum Gasteiger partial charge on any atom is 0.272 e. The van der Waals surface area contributed by atoms with Gasteiger partial charge in [0.1, 0.15) is 17.5 Å². The molecule has 7 heteroatoms. The van der Waals surface area contributed by atoms with Gasteiger partial charge in [0.05, 0.1) is 25.9 Å². The maximum absolute atomic E-state index is 12.5. The third kappa shape index (κ3) is 3.89. The van der Waals surface area contributed by atoms with Crippen LogP contribution in [0.3, 0.4) is 0 Å². The average molecular weight is 357 g/mol. The number of rotatable bonds is 6. The highest BCUT2D eigenvalue weighted by molar-refractivity contribution is 5.92. The Balaban J connectivity index is 1.40. The van der Waals surface area contributed by atoms with Crippen LogP contribution in [0.15, 0.2) is 30.3 Å². The first-order valence-corrected chi connectivity index (χ1v) is 9.03. The van der Waals surface area contributed by atoms with Crippen LogP contribution in [0.25, 0.3) is 0 Å². The lowest BCUT2D eigenvalue weighted by molar-refractivity contribution is -0.00295. The van der Waals surface area contributed by atoms with E-state index < -0.39 is 0 Å². The minimum Gasteiger partial charge on any atom is -0.488 e. The van der Waals surface area contributed by atoms with Crippen LogP contribution in [-0.4, -0.2) is 46.6 Å². The number of hydrogen-bond acceptors (Lipinski definition) is 5. The van der Waals surface area contributed by atoms with Crippen LogP contribution in [0.5, 0.6) is 5.75 Å². The van der Waals surface area contributed by atoms with Crippen molar-refractivity contribution in [2.75, 3.05) is 13.2 Å². The standard InChI is InChI=1S/C19H23N3O4/c23-10-12-1-5-14(6-2-12)26-18-7-8-25-11-17(18)20-19(24)16-9-15(21-22-16)13-3-4-13/h1-2,5-6,9,13,17-18,23H,3-4,7-8,10-11H2,(H,20,24)(H,21,22)/t17-,18-/m1/s1. The summed E-state index contributed by atoms with van der Waals surface area (Å²) in [6, 6.07) is 8.90. The second-order valence-corrected chi connectivity index (χ2v) is 6.88. The van der Waals surface area contributed by atoms with Gasteiger partial charge in [-0.2, -0.15) is 5.10 Å². The summed E-state index contributed by atoms with van der Waals surface area (Å²) < 4.78 is 11.6. The van der Waals surface area contributed by atoms with Gasteiger partial charge in [-0.3, -0.25) is 9.89 Å². The number of hydrogen-bond donors (Lipinski definition) is 3. The molecular formula is C19H23N3O4. The number of nitrogens with zero attached hydrogens (tertiary/aromatic N) is 1. The molecule has 4 rings (SSSR count). The zero-order chi connectivity index (χ0) is 17.9. The molecule has 1 amide bonds. The molecule has 0 radical (unpaired) electrons. The first-order chi connectivity index (χ1) is 12.7. The van der Waals surface area contributed by atoms with Crippen molar-refractivity contribution >= 4 is 5.91 Å². The van der Waals surface area contributed by atoms with E-state index in [0.717, 1.165) is 24.1 Å². The third-order valence-corrected chi connectivity index (χ3v) is 4.85. The first-order valence-electron chi connectivity index (χ1n) is 9.03. The highest BCUT2D eigenvalue weighted by Gasteiger charge is 2.31. The van der Waals surface area contributed by atoms with Crippen LogP contribution < -0.4 is 10.1 Å². The molecule has 26 heavy (non-hydrogen) atoms. The molecule has 0 spiro atoms. The molecule has 3 N–H and O–H groups in total. The number of amides is 1. The number of aromatic amines is 1. The van der Waals surface area contributed by atoms with E-state index in [2.05, 4.69) is 15.5 Å². The van der Waals surface area contributed by atoms with Gasteiger partial charge in [-0.1, -0.05) is 12.1 Å². The van der Waals surface area contributed by atoms with Crippen LogP contribution in [0, 0.1) is 0 Å². The molecule has 0 bridgehead atoms. The summed E-state index contributed by atoms with van der Waals surface area (Å²) in [6.07, 6.45) is 2.84. The Kier molecular flexibility index (Phi) is 4.90. The molecule has 2 heterocycles. The molecule has 2 aliphatic rings. The fraction of sp³-hybridized carbons (Fsp3) is 0.474. The molecule has 2 atom stereocenters. The molecular weight excluding hydrogens is 334 g/mol. The zero-order valence-electron chi connectivity index (χ0n) is 14.5. The Bertz CT molecular complexity index is 754. The van der Waals surface area contributed by atoms with E-state index in [0.29, 0.717) is 37.0 Å². The van der Waals surface area contributed by atoms with E-state index in [1.807, 2.05) is 30.3 Å². The van der Waals surface area contributed by atoms with E-state index >= 15 is 0 Å². The number of aliphatic hydroxyl groups is 1. The summed E-state index contributed by atoms with van der Waals surface area (Å²) in [5.74, 6) is 1.03. The predicted molar refractivity (Wildman–Crippen MR) is 94.0 cm³/mol. The third-order valence-electron chi connectivity index (χ3n) is 4.85. The Morgan fingerprint density at radius 1 is 1.31 bits per heavy atom. The maximum atomic E-state index is 12.5. The monoisotopic (exact) mass is 357 g/mol. The Labute approximate surface area is 151 Å². The number of carbonyl (C=O) groups excluding carboxylic acids is 1. The van der Waals surface area contributed by atoms with Crippen molar-refractivity contribution < 1.29 is 19.4 Å². The van der Waals surface area contributed by atoms with Crippen LogP contribution in [0.4, 0.5) is 0 Å². The SMILES string of the molecule is O=C(N[C@@H]1COCC[C@H]1Oc1ccc(CO)cc1)c1cc(C2CC2)[nH]n1. The molecule has 2 fully saturated rings. The zero-order valence-corrected chi connectivity index (χ0v) is 14.5. The largest absolute Gasteiger partial charge is 0.488 e. The quantitative estimate of drug-likeness (QED) is 0.732. The number of carbonyl (C=O) groups is 1. The molecule has 1 aromatic heterocycles. The Morgan fingerprint density at radius 2 is 2.12 bits per heavy atom. The van der Waals surface area contributed by atoms with E-state index in [4.69, 9.17) is 14.6 Å². The van der Waals surface area contributed by atoms with Gasteiger partial charge in [-0.25, -0.2) is 0 Å². The smallest absolute Gasteiger partial charge is 0.272 e. The van der Waals surface area contributed by atoms with Gasteiger partial charge in [0.15, 0.2) is 0 Å². The van der Waals surface area contributed by atoms with E-state index in [1.54, 1.807) is 0 Å². The van der Waals surface area contributed by atoms with Crippen molar-refractivity contribution in [2.24, 2.45) is 0 Å². The molecule has 1 saturated carbocycles. The number of aliphatic hydroxyl groups excluding tert-OH is 1. The second-order valence-electron chi connectivity index (χ2n) is 6.88. The molecule has 7 nitrogen and oxygen atoms in total. The summed E-state index contributed by atoms with van der Waals surface area (Å²) in [7, 11) is 0. The van der Waals surface area contributed by atoms with Crippen molar-refractivity contribution in [1.82, 2.24) is 15.5 Å². The number of aromatic nitrogens is 2. The average Bonchev–Trinajstić information content (AvgIpc) is 3.40. The van der Waals surface area contributed by atoms with Gasteiger partial charge >= 0.3 is 0 Å². The van der Waals surface area contributed by atoms with Crippen LogP contribution in [-0.2, 0) is 11.3 Å². The van der Waals surface area contributed by atoms with Crippen molar-refractivity contribution in [2.45, 2.75) is 43.9 Å². The lowest BCUT2D eigenvalue weighted by atomic mass is 10.1. The summed E-state index contributed by atoms with van der Waals surface area (Å²) in [5, 5.41) is 19.2. The summed E-state index contributed by atoms with van der Waals surface area (Å²) in [4.78, 5) is 12.5. The minimum absolute atomic E-state index is 0.00272. The lowest BCUT2D eigenvalue weighted by Crippen LogP contribution is -2.51. The number of nitrogens with one attached hydrogen (secondary N) is 2. The molecule has 1 aliphatic carbocycles. The number of ether oxygens (including phenoxy) is 2. The van der Waals surface area contributed by atoms with Gasteiger partial charge in [-0.05, 0) is 36.6 Å². The lowest BCUT2D eigenvalue weighted by Gasteiger charge is -2.32. The molecule has 1 aliphatic heterocycles. The van der Waals surface area contributed by atoms with E-state index in [9.17, 15) is 4.79 Å². The number of H-pyrrole nitrogens is 1. The van der Waals surface area contributed by atoms with Gasteiger partial charge < -0.3 is 19.9 Å². The van der Waals surface area contributed by atoms with Crippen LogP contribution >= 0.6 is 0 Å². The first kappa shape index (κ1) is 17.1. The van der Waals surface area contributed by atoms with E-state index in [-0.39, 0.29) is 24.7 Å². The predicted octanol–water partition coefficient (Wildman–Crippen LogP) is 1.75. The molecule has 138 valence electrons. The summed E-state index contributed by atoms with van der Waals surface area (Å²) in [5.41, 5.74) is 2.27. The van der Waals surface area contributed by atoms with Crippen LogP contribution in [0.2, 0.25) is 0 Å². The Morgan fingerprint density at radius 3 is 2.85 bits per heavy atom. The highest BCUT2D eigenvalue weighted by atomic mass is 16.5.